The second-order valence-electron chi connectivity index (χ2n) is 5.76. The molecule has 0 aliphatic carbocycles. The van der Waals surface area contributed by atoms with Crippen molar-refractivity contribution in [3.8, 4) is 5.75 Å². The van der Waals surface area contributed by atoms with Gasteiger partial charge in [0, 0.05) is 24.6 Å². The number of carbonyl (C=O) groups is 1. The summed E-state index contributed by atoms with van der Waals surface area (Å²) in [5, 5.41) is 6.32. The molecular formula is C20H19ClN4O2. The van der Waals surface area contributed by atoms with E-state index in [4.69, 9.17) is 16.3 Å². The van der Waals surface area contributed by atoms with E-state index in [1.807, 2.05) is 18.2 Å². The molecule has 0 atom stereocenters. The Morgan fingerprint density at radius 1 is 1.11 bits per heavy atom. The summed E-state index contributed by atoms with van der Waals surface area (Å²) >= 11 is 6.06. The minimum Gasteiger partial charge on any atom is -0.495 e. The summed E-state index contributed by atoms with van der Waals surface area (Å²) in [7, 11) is 1.53. The first-order valence-electron chi connectivity index (χ1n) is 8.40. The lowest BCUT2D eigenvalue weighted by Crippen LogP contribution is -2.14. The second-order valence-corrected chi connectivity index (χ2v) is 6.17. The third-order valence-corrected chi connectivity index (χ3v) is 4.16. The van der Waals surface area contributed by atoms with E-state index >= 15 is 0 Å². The van der Waals surface area contributed by atoms with Crippen LogP contribution in [0, 0.1) is 0 Å². The zero-order chi connectivity index (χ0) is 19.1. The van der Waals surface area contributed by atoms with E-state index in [1.54, 1.807) is 18.2 Å². The van der Waals surface area contributed by atoms with Gasteiger partial charge >= 0.3 is 0 Å². The van der Waals surface area contributed by atoms with E-state index in [1.165, 1.54) is 25.1 Å². The van der Waals surface area contributed by atoms with Gasteiger partial charge in [-0.05, 0) is 30.2 Å². The molecular weight excluding hydrogens is 364 g/mol. The van der Waals surface area contributed by atoms with Crippen molar-refractivity contribution >= 4 is 29.1 Å². The molecule has 6 nitrogen and oxygen atoms in total. The molecule has 0 spiro atoms. The first-order valence-corrected chi connectivity index (χ1v) is 8.78. The van der Waals surface area contributed by atoms with Crippen LogP contribution in [0.15, 0.2) is 60.9 Å². The fourth-order valence-electron chi connectivity index (χ4n) is 2.45. The van der Waals surface area contributed by atoms with E-state index in [-0.39, 0.29) is 5.91 Å². The molecule has 2 aromatic carbocycles. The molecule has 0 unspecified atom stereocenters. The van der Waals surface area contributed by atoms with E-state index in [2.05, 4.69) is 32.7 Å². The Labute approximate surface area is 162 Å². The number of carbonyl (C=O) groups excluding carboxylic acids is 1. The van der Waals surface area contributed by atoms with Crippen molar-refractivity contribution in [3.63, 3.8) is 0 Å². The van der Waals surface area contributed by atoms with Crippen LogP contribution < -0.4 is 15.4 Å². The van der Waals surface area contributed by atoms with Crippen LogP contribution in [0.3, 0.4) is 0 Å². The van der Waals surface area contributed by atoms with Crippen molar-refractivity contribution in [2.24, 2.45) is 0 Å². The number of rotatable bonds is 7. The van der Waals surface area contributed by atoms with Gasteiger partial charge in [-0.15, -0.1) is 0 Å². The van der Waals surface area contributed by atoms with Gasteiger partial charge in [0.25, 0.3) is 5.91 Å². The van der Waals surface area contributed by atoms with Crippen molar-refractivity contribution in [2.75, 3.05) is 24.3 Å². The third-order valence-electron chi connectivity index (χ3n) is 3.86. The van der Waals surface area contributed by atoms with Gasteiger partial charge in [0.05, 0.1) is 17.7 Å². The molecule has 0 bridgehead atoms. The molecule has 0 aliphatic rings. The normalized spacial score (nSPS) is 10.3. The lowest BCUT2D eigenvalue weighted by atomic mass is 10.1. The predicted molar refractivity (Wildman–Crippen MR) is 107 cm³/mol. The van der Waals surface area contributed by atoms with Crippen molar-refractivity contribution in [2.45, 2.75) is 6.42 Å². The number of hydrogen-bond donors (Lipinski definition) is 2. The summed E-state index contributed by atoms with van der Waals surface area (Å²) in [4.78, 5) is 20.7. The Hall–Kier alpha value is -3.12. The molecule has 138 valence electrons. The Kier molecular flexibility index (Phi) is 6.22. The van der Waals surface area contributed by atoms with Crippen LogP contribution in [0.25, 0.3) is 0 Å². The maximum absolute atomic E-state index is 12.3. The maximum atomic E-state index is 12.3. The topological polar surface area (TPSA) is 76.1 Å². The SMILES string of the molecule is COc1ccc(NC(=O)c2cnc(NCCc3ccccc3)nc2)cc1Cl. The molecule has 3 rings (SSSR count). The summed E-state index contributed by atoms with van der Waals surface area (Å²) in [6, 6.07) is 15.2. The highest BCUT2D eigenvalue weighted by Gasteiger charge is 2.09. The summed E-state index contributed by atoms with van der Waals surface area (Å²) in [6.45, 7) is 0.708. The van der Waals surface area contributed by atoms with E-state index in [9.17, 15) is 4.79 Å². The van der Waals surface area contributed by atoms with Crippen LogP contribution in [-0.4, -0.2) is 29.5 Å². The molecule has 27 heavy (non-hydrogen) atoms. The molecule has 0 fully saturated rings. The van der Waals surface area contributed by atoms with Crippen molar-refractivity contribution in [1.29, 1.82) is 0 Å². The maximum Gasteiger partial charge on any atom is 0.258 e. The number of ether oxygens (including phenoxy) is 1. The molecule has 2 N–H and O–H groups in total. The fourth-order valence-corrected chi connectivity index (χ4v) is 2.70. The summed E-state index contributed by atoms with van der Waals surface area (Å²) in [5.74, 6) is 0.714. The standard InChI is InChI=1S/C20H19ClN4O2/c1-27-18-8-7-16(11-17(18)21)25-19(26)15-12-23-20(24-13-15)22-10-9-14-5-3-2-4-6-14/h2-8,11-13H,9-10H2,1H3,(H,25,26)(H,22,23,24). The number of benzene rings is 2. The third kappa shape index (κ3) is 5.18. The van der Waals surface area contributed by atoms with E-state index in [0.29, 0.717) is 34.5 Å². The Morgan fingerprint density at radius 2 is 1.85 bits per heavy atom. The lowest BCUT2D eigenvalue weighted by molar-refractivity contribution is 0.102. The van der Waals surface area contributed by atoms with Gasteiger partial charge in [-0.25, -0.2) is 9.97 Å². The van der Waals surface area contributed by atoms with Gasteiger partial charge < -0.3 is 15.4 Å². The smallest absolute Gasteiger partial charge is 0.258 e. The van der Waals surface area contributed by atoms with Gasteiger partial charge in [-0.2, -0.15) is 0 Å². The van der Waals surface area contributed by atoms with Crippen LogP contribution >= 0.6 is 11.6 Å². The molecule has 1 amide bonds. The monoisotopic (exact) mass is 382 g/mol. The highest BCUT2D eigenvalue weighted by atomic mass is 35.5. The number of methoxy groups -OCH3 is 1. The zero-order valence-electron chi connectivity index (χ0n) is 14.8. The fraction of sp³-hybridized carbons (Fsp3) is 0.150. The average Bonchev–Trinajstić information content (AvgIpc) is 2.69. The van der Waals surface area contributed by atoms with Crippen molar-refractivity contribution < 1.29 is 9.53 Å². The first-order chi connectivity index (χ1) is 13.2. The van der Waals surface area contributed by atoms with Gasteiger partial charge in [0.2, 0.25) is 5.95 Å². The summed E-state index contributed by atoms with van der Waals surface area (Å²) in [5.41, 5.74) is 2.16. The molecule has 3 aromatic rings. The zero-order valence-corrected chi connectivity index (χ0v) is 15.5. The minimum absolute atomic E-state index is 0.313. The number of nitrogens with one attached hydrogen (secondary N) is 2. The molecule has 0 saturated heterocycles. The van der Waals surface area contributed by atoms with Gasteiger partial charge in [-0.3, -0.25) is 4.79 Å². The number of halogens is 1. The van der Waals surface area contributed by atoms with Gasteiger partial charge in [-0.1, -0.05) is 41.9 Å². The summed E-state index contributed by atoms with van der Waals surface area (Å²) in [6.07, 6.45) is 3.83. The Bertz CT molecular complexity index is 902. The second kappa shape index (κ2) is 9.00. The quantitative estimate of drug-likeness (QED) is 0.644. The molecule has 0 aliphatic heterocycles. The highest BCUT2D eigenvalue weighted by Crippen LogP contribution is 2.27. The predicted octanol–water partition coefficient (Wildman–Crippen LogP) is 4.05. The van der Waals surface area contributed by atoms with Crippen LogP contribution in [-0.2, 0) is 6.42 Å². The van der Waals surface area contributed by atoms with Crippen LogP contribution in [0.2, 0.25) is 5.02 Å². The molecule has 1 heterocycles. The van der Waals surface area contributed by atoms with Crippen LogP contribution in [0.5, 0.6) is 5.75 Å². The Balaban J connectivity index is 1.54. The van der Waals surface area contributed by atoms with Crippen molar-refractivity contribution in [1.82, 2.24) is 9.97 Å². The van der Waals surface area contributed by atoms with Crippen LogP contribution in [0.4, 0.5) is 11.6 Å². The molecule has 0 saturated carbocycles. The molecule has 0 radical (unpaired) electrons. The van der Waals surface area contributed by atoms with Gasteiger partial charge in [0.1, 0.15) is 5.75 Å². The minimum atomic E-state index is -0.313. The number of amides is 1. The average molecular weight is 383 g/mol. The largest absolute Gasteiger partial charge is 0.495 e. The Morgan fingerprint density at radius 3 is 2.52 bits per heavy atom. The number of nitrogens with zero attached hydrogens (tertiary/aromatic N) is 2. The highest BCUT2D eigenvalue weighted by molar-refractivity contribution is 6.32. The van der Waals surface area contributed by atoms with Crippen molar-refractivity contribution in [3.05, 3.63) is 77.1 Å². The van der Waals surface area contributed by atoms with E-state index in [0.717, 1.165) is 6.42 Å². The molecule has 7 heteroatoms. The molecule has 1 aromatic heterocycles. The first kappa shape index (κ1) is 18.7. The number of aromatic nitrogens is 2. The van der Waals surface area contributed by atoms with Gasteiger partial charge in [0.15, 0.2) is 0 Å². The number of hydrogen-bond acceptors (Lipinski definition) is 5. The summed E-state index contributed by atoms with van der Waals surface area (Å²) < 4.78 is 5.09. The number of anilines is 2. The van der Waals surface area contributed by atoms with E-state index < -0.39 is 0 Å². The van der Waals surface area contributed by atoms with Crippen LogP contribution in [0.1, 0.15) is 15.9 Å². The lowest BCUT2D eigenvalue weighted by Gasteiger charge is -2.08.